The van der Waals surface area contributed by atoms with Gasteiger partial charge in [-0.25, -0.2) is 4.39 Å². The van der Waals surface area contributed by atoms with Crippen molar-refractivity contribution in [3.63, 3.8) is 0 Å². The second-order valence-electron chi connectivity index (χ2n) is 5.77. The Labute approximate surface area is 122 Å². The molecule has 0 radical (unpaired) electrons. The van der Waals surface area contributed by atoms with Crippen molar-refractivity contribution in [3.05, 3.63) is 35.6 Å². The van der Waals surface area contributed by atoms with Gasteiger partial charge in [0.15, 0.2) is 0 Å². The summed E-state index contributed by atoms with van der Waals surface area (Å²) in [4.78, 5) is 26.2. The first-order chi connectivity index (χ1) is 10.1. The quantitative estimate of drug-likeness (QED) is 0.630. The van der Waals surface area contributed by atoms with Gasteiger partial charge in [0, 0.05) is 25.0 Å². The van der Waals surface area contributed by atoms with Crippen LogP contribution in [0, 0.1) is 11.7 Å². The largest absolute Gasteiger partial charge is 0.468 e. The molecule has 1 aromatic rings. The molecular weight excluding hydrogens is 273 g/mol. The van der Waals surface area contributed by atoms with Crippen molar-refractivity contribution in [1.29, 1.82) is 0 Å². The molecule has 4 nitrogen and oxygen atoms in total. The summed E-state index contributed by atoms with van der Waals surface area (Å²) in [5.41, 5.74) is 0.992. The molecule has 0 amide bonds. The van der Waals surface area contributed by atoms with Crippen molar-refractivity contribution in [2.24, 2.45) is 5.92 Å². The number of halogens is 1. The molecule has 3 rings (SSSR count). The minimum Gasteiger partial charge on any atom is -0.468 e. The molecular formula is C16H18FNO3. The number of ketones is 1. The van der Waals surface area contributed by atoms with Gasteiger partial charge in [0.1, 0.15) is 17.5 Å². The fourth-order valence-electron chi connectivity index (χ4n) is 3.58. The van der Waals surface area contributed by atoms with E-state index in [4.69, 9.17) is 4.74 Å². The summed E-state index contributed by atoms with van der Waals surface area (Å²) >= 11 is 0. The summed E-state index contributed by atoms with van der Waals surface area (Å²) in [6.07, 6.45) is 2.15. The molecule has 112 valence electrons. The van der Waals surface area contributed by atoms with Crippen molar-refractivity contribution in [2.45, 2.75) is 37.9 Å². The first-order valence-electron chi connectivity index (χ1n) is 7.21. The van der Waals surface area contributed by atoms with Gasteiger partial charge in [-0.15, -0.1) is 0 Å². The Hall–Kier alpha value is -1.75. The number of Topliss-reactive ketones (excluding diaryl/α,β-unsaturated/α-hetero) is 1. The average molecular weight is 291 g/mol. The van der Waals surface area contributed by atoms with E-state index in [0.29, 0.717) is 13.0 Å². The van der Waals surface area contributed by atoms with Crippen LogP contribution in [0.2, 0.25) is 0 Å². The lowest BCUT2D eigenvalue weighted by Crippen LogP contribution is -2.51. The van der Waals surface area contributed by atoms with Crippen LogP contribution >= 0.6 is 0 Å². The number of piperidine rings is 1. The Morgan fingerprint density at radius 1 is 1.33 bits per heavy atom. The molecule has 2 fully saturated rings. The Kier molecular flexibility index (Phi) is 3.76. The molecule has 21 heavy (non-hydrogen) atoms. The van der Waals surface area contributed by atoms with E-state index >= 15 is 0 Å². The van der Waals surface area contributed by atoms with Crippen LogP contribution in [0.25, 0.3) is 0 Å². The maximum Gasteiger partial charge on any atom is 0.317 e. The molecule has 0 unspecified atom stereocenters. The van der Waals surface area contributed by atoms with Crippen LogP contribution in [0.15, 0.2) is 24.3 Å². The summed E-state index contributed by atoms with van der Waals surface area (Å²) < 4.78 is 17.8. The smallest absolute Gasteiger partial charge is 0.317 e. The van der Waals surface area contributed by atoms with Gasteiger partial charge in [0.05, 0.1) is 7.11 Å². The number of ether oxygens (including phenoxy) is 1. The van der Waals surface area contributed by atoms with E-state index < -0.39 is 11.9 Å². The zero-order chi connectivity index (χ0) is 15.0. The zero-order valence-electron chi connectivity index (χ0n) is 11.9. The van der Waals surface area contributed by atoms with E-state index in [0.717, 1.165) is 18.4 Å². The Morgan fingerprint density at radius 3 is 2.71 bits per heavy atom. The standard InChI is InChI=1S/C16H18FNO3/c1-21-16(20)15-13-7-6-12(8-14(15)19)18(13)9-10-2-4-11(17)5-3-10/h2-5,12-13,15H,6-9H2,1H3/t12-,13-,15-/m1/s1. The number of rotatable bonds is 3. The van der Waals surface area contributed by atoms with Crippen molar-refractivity contribution in [3.8, 4) is 0 Å². The Balaban J connectivity index is 1.81. The number of hydrogen-bond acceptors (Lipinski definition) is 4. The monoisotopic (exact) mass is 291 g/mol. The van der Waals surface area contributed by atoms with Crippen molar-refractivity contribution in [2.75, 3.05) is 7.11 Å². The highest BCUT2D eigenvalue weighted by atomic mass is 19.1. The summed E-state index contributed by atoms with van der Waals surface area (Å²) in [5.74, 6) is -1.38. The van der Waals surface area contributed by atoms with Crippen LogP contribution in [-0.2, 0) is 20.9 Å². The summed E-state index contributed by atoms with van der Waals surface area (Å²) in [5, 5.41) is 0. The second kappa shape index (κ2) is 5.56. The molecule has 2 aliphatic rings. The number of nitrogens with zero attached hydrogens (tertiary/aromatic N) is 1. The lowest BCUT2D eigenvalue weighted by Gasteiger charge is -2.37. The minimum absolute atomic E-state index is 0.00953. The predicted molar refractivity (Wildman–Crippen MR) is 73.9 cm³/mol. The number of methoxy groups -OCH3 is 1. The SMILES string of the molecule is COC(=O)[C@H]1C(=O)C[C@H]2CC[C@H]1N2Cc1ccc(F)cc1. The zero-order valence-corrected chi connectivity index (χ0v) is 11.9. The van der Waals surface area contributed by atoms with Gasteiger partial charge >= 0.3 is 5.97 Å². The van der Waals surface area contributed by atoms with Crippen LogP contribution < -0.4 is 0 Å². The fourth-order valence-corrected chi connectivity index (χ4v) is 3.58. The topological polar surface area (TPSA) is 46.6 Å². The van der Waals surface area contributed by atoms with E-state index in [1.165, 1.54) is 19.2 Å². The normalized spacial score (nSPS) is 28.7. The third-order valence-corrected chi connectivity index (χ3v) is 4.59. The fraction of sp³-hybridized carbons (Fsp3) is 0.500. The van der Waals surface area contributed by atoms with Crippen LogP contribution in [0.1, 0.15) is 24.8 Å². The lowest BCUT2D eigenvalue weighted by atomic mass is 9.88. The Bertz CT molecular complexity index is 557. The predicted octanol–water partition coefficient (Wildman–Crippen LogP) is 1.92. The number of benzene rings is 1. The number of fused-ring (bicyclic) bond motifs is 2. The molecule has 2 saturated heterocycles. The molecule has 0 N–H and O–H groups in total. The van der Waals surface area contributed by atoms with Gasteiger partial charge < -0.3 is 4.74 Å². The number of esters is 1. The molecule has 2 bridgehead atoms. The summed E-state index contributed by atoms with van der Waals surface area (Å²) in [6.45, 7) is 0.635. The highest BCUT2D eigenvalue weighted by Gasteiger charge is 2.50. The minimum atomic E-state index is -0.672. The van der Waals surface area contributed by atoms with Gasteiger partial charge in [-0.3, -0.25) is 14.5 Å². The molecule has 0 saturated carbocycles. The number of carbonyl (C=O) groups is 2. The molecule has 3 atom stereocenters. The van der Waals surface area contributed by atoms with Gasteiger partial charge in [-0.1, -0.05) is 12.1 Å². The third-order valence-electron chi connectivity index (χ3n) is 4.59. The van der Waals surface area contributed by atoms with Gasteiger partial charge in [0.25, 0.3) is 0 Å². The lowest BCUT2D eigenvalue weighted by molar-refractivity contribution is -0.154. The van der Waals surface area contributed by atoms with Crippen LogP contribution in [0.5, 0.6) is 0 Å². The Morgan fingerprint density at radius 2 is 2.05 bits per heavy atom. The van der Waals surface area contributed by atoms with E-state index in [9.17, 15) is 14.0 Å². The van der Waals surface area contributed by atoms with Crippen molar-refractivity contribution < 1.29 is 18.7 Å². The maximum atomic E-state index is 13.0. The molecule has 2 aliphatic heterocycles. The van der Waals surface area contributed by atoms with Gasteiger partial charge in [-0.2, -0.15) is 0 Å². The van der Waals surface area contributed by atoms with Gasteiger partial charge in [-0.05, 0) is 30.5 Å². The molecule has 0 spiro atoms. The van der Waals surface area contributed by atoms with E-state index in [-0.39, 0.29) is 23.7 Å². The van der Waals surface area contributed by atoms with Crippen LogP contribution in [-0.4, -0.2) is 35.8 Å². The van der Waals surface area contributed by atoms with E-state index in [1.807, 2.05) is 0 Å². The van der Waals surface area contributed by atoms with Crippen molar-refractivity contribution in [1.82, 2.24) is 4.90 Å². The molecule has 1 aromatic carbocycles. The average Bonchev–Trinajstić information content (AvgIpc) is 2.75. The maximum absolute atomic E-state index is 13.0. The highest BCUT2D eigenvalue weighted by Crippen LogP contribution is 2.38. The summed E-state index contributed by atoms with van der Waals surface area (Å²) in [7, 11) is 1.32. The third kappa shape index (κ3) is 2.58. The van der Waals surface area contributed by atoms with Gasteiger partial charge in [0.2, 0.25) is 0 Å². The summed E-state index contributed by atoms with van der Waals surface area (Å²) in [6, 6.07) is 6.47. The van der Waals surface area contributed by atoms with E-state index in [1.54, 1.807) is 12.1 Å². The molecule has 5 heteroatoms. The first-order valence-corrected chi connectivity index (χ1v) is 7.21. The number of carbonyl (C=O) groups excluding carboxylic acids is 2. The van der Waals surface area contributed by atoms with Crippen LogP contribution in [0.3, 0.4) is 0 Å². The number of hydrogen-bond donors (Lipinski definition) is 0. The highest BCUT2D eigenvalue weighted by molar-refractivity contribution is 6.00. The first kappa shape index (κ1) is 14.2. The molecule has 0 aromatic heterocycles. The van der Waals surface area contributed by atoms with Crippen molar-refractivity contribution >= 4 is 11.8 Å². The van der Waals surface area contributed by atoms with E-state index in [2.05, 4.69) is 4.90 Å². The molecule has 2 heterocycles. The van der Waals surface area contributed by atoms with Crippen LogP contribution in [0.4, 0.5) is 4.39 Å². The second-order valence-corrected chi connectivity index (χ2v) is 5.77. The molecule has 0 aliphatic carbocycles.